The Balaban J connectivity index is 2.38. The van der Waals surface area contributed by atoms with Crippen LogP contribution in [0.5, 0.6) is 0 Å². The van der Waals surface area contributed by atoms with Gasteiger partial charge in [0, 0.05) is 0 Å². The predicted molar refractivity (Wildman–Crippen MR) is 90.7 cm³/mol. The third-order valence-electron chi connectivity index (χ3n) is 3.89. The van der Waals surface area contributed by atoms with Crippen molar-refractivity contribution < 1.29 is 24.3 Å². The van der Waals surface area contributed by atoms with E-state index in [1.807, 2.05) is 13.8 Å². The zero-order valence-corrected chi connectivity index (χ0v) is 14.9. The molecule has 0 aromatic carbocycles. The van der Waals surface area contributed by atoms with Crippen molar-refractivity contribution in [1.82, 2.24) is 21.3 Å². The van der Waals surface area contributed by atoms with Crippen LogP contribution in [-0.4, -0.2) is 60.0 Å². The molecule has 25 heavy (non-hydrogen) atoms. The fourth-order valence-electron chi connectivity index (χ4n) is 2.55. The van der Waals surface area contributed by atoms with Gasteiger partial charge in [0.1, 0.15) is 12.1 Å². The molecule has 1 rings (SSSR count). The van der Waals surface area contributed by atoms with E-state index in [4.69, 9.17) is 5.11 Å². The maximum Gasteiger partial charge on any atom is 0.326 e. The Morgan fingerprint density at radius 2 is 1.84 bits per heavy atom. The molecule has 3 atom stereocenters. The van der Waals surface area contributed by atoms with Gasteiger partial charge in [-0.2, -0.15) is 0 Å². The number of carbonyl (C=O) groups is 4. The minimum absolute atomic E-state index is 0.103. The zero-order chi connectivity index (χ0) is 19.0. The van der Waals surface area contributed by atoms with Crippen molar-refractivity contribution in [2.24, 2.45) is 5.92 Å². The zero-order valence-electron chi connectivity index (χ0n) is 14.9. The number of carboxylic acids is 1. The summed E-state index contributed by atoms with van der Waals surface area (Å²) in [5.41, 5.74) is 0. The Labute approximate surface area is 147 Å². The number of aliphatic carboxylic acids is 1. The molecule has 3 amide bonds. The average Bonchev–Trinajstić information content (AvgIpc) is 3.05. The quantitative estimate of drug-likeness (QED) is 0.358. The SMILES string of the molecule is CC(C)CC(NC(=O)C(C)NC(=O)CNC(=O)C1CCCN1)C(=O)O. The van der Waals surface area contributed by atoms with Crippen LogP contribution in [-0.2, 0) is 19.2 Å². The number of rotatable bonds is 9. The van der Waals surface area contributed by atoms with E-state index in [1.165, 1.54) is 6.92 Å². The van der Waals surface area contributed by atoms with Crippen LogP contribution < -0.4 is 21.3 Å². The van der Waals surface area contributed by atoms with E-state index < -0.39 is 29.9 Å². The maximum absolute atomic E-state index is 12.0. The number of amides is 3. The molecule has 0 saturated carbocycles. The molecule has 0 spiro atoms. The topological polar surface area (TPSA) is 137 Å². The fourth-order valence-corrected chi connectivity index (χ4v) is 2.55. The van der Waals surface area contributed by atoms with Gasteiger partial charge in [0.2, 0.25) is 17.7 Å². The Morgan fingerprint density at radius 1 is 1.16 bits per heavy atom. The first-order chi connectivity index (χ1) is 11.7. The standard InChI is InChI=1S/C16H28N4O5/c1-9(2)7-12(16(24)25)20-14(22)10(3)19-13(21)8-18-15(23)11-5-4-6-17-11/h9-12,17H,4-8H2,1-3H3,(H,18,23)(H,19,21)(H,20,22)(H,24,25). The molecule has 0 aliphatic carbocycles. The second-order valence-corrected chi connectivity index (χ2v) is 6.68. The van der Waals surface area contributed by atoms with Gasteiger partial charge in [0.05, 0.1) is 12.6 Å². The molecule has 0 aromatic heterocycles. The molecule has 1 heterocycles. The van der Waals surface area contributed by atoms with Crippen molar-refractivity contribution in [2.45, 2.75) is 58.2 Å². The summed E-state index contributed by atoms with van der Waals surface area (Å²) in [6.45, 7) is 5.72. The van der Waals surface area contributed by atoms with Crippen molar-refractivity contribution >= 4 is 23.7 Å². The molecule has 3 unspecified atom stereocenters. The Kier molecular flexibility index (Phi) is 8.33. The van der Waals surface area contributed by atoms with Gasteiger partial charge >= 0.3 is 5.97 Å². The lowest BCUT2D eigenvalue weighted by atomic mass is 10.0. The van der Waals surface area contributed by atoms with Crippen LogP contribution in [0.25, 0.3) is 0 Å². The summed E-state index contributed by atoms with van der Waals surface area (Å²) in [6, 6.07) is -2.18. The van der Waals surface area contributed by atoms with Gasteiger partial charge in [-0.15, -0.1) is 0 Å². The molecule has 5 N–H and O–H groups in total. The molecular weight excluding hydrogens is 328 g/mol. The first-order valence-electron chi connectivity index (χ1n) is 8.54. The van der Waals surface area contributed by atoms with E-state index in [0.717, 1.165) is 19.4 Å². The molecule has 1 aliphatic rings. The van der Waals surface area contributed by atoms with E-state index in [-0.39, 0.29) is 24.4 Å². The van der Waals surface area contributed by atoms with E-state index in [1.54, 1.807) is 0 Å². The van der Waals surface area contributed by atoms with Crippen molar-refractivity contribution in [3.63, 3.8) is 0 Å². The van der Waals surface area contributed by atoms with Gasteiger partial charge in [0.25, 0.3) is 0 Å². The predicted octanol–water partition coefficient (Wildman–Crippen LogP) is -1.03. The first-order valence-corrected chi connectivity index (χ1v) is 8.54. The van der Waals surface area contributed by atoms with E-state index in [2.05, 4.69) is 21.3 Å². The molecule has 0 bridgehead atoms. The third kappa shape index (κ3) is 7.51. The normalized spacial score (nSPS) is 19.1. The summed E-state index contributed by atoms with van der Waals surface area (Å²) in [7, 11) is 0. The second-order valence-electron chi connectivity index (χ2n) is 6.68. The molecule has 1 saturated heterocycles. The van der Waals surface area contributed by atoms with Crippen LogP contribution in [0.1, 0.15) is 40.0 Å². The largest absolute Gasteiger partial charge is 0.480 e. The minimum Gasteiger partial charge on any atom is -0.480 e. The molecule has 0 radical (unpaired) electrons. The fraction of sp³-hybridized carbons (Fsp3) is 0.750. The summed E-state index contributed by atoms with van der Waals surface area (Å²) in [5.74, 6) is -2.34. The monoisotopic (exact) mass is 356 g/mol. The van der Waals surface area contributed by atoms with Crippen LogP contribution in [0.2, 0.25) is 0 Å². The van der Waals surface area contributed by atoms with Crippen LogP contribution in [0, 0.1) is 5.92 Å². The lowest BCUT2D eigenvalue weighted by molar-refractivity contribution is -0.142. The number of carbonyl (C=O) groups excluding carboxylic acids is 3. The van der Waals surface area contributed by atoms with E-state index >= 15 is 0 Å². The van der Waals surface area contributed by atoms with Crippen molar-refractivity contribution in [2.75, 3.05) is 13.1 Å². The highest BCUT2D eigenvalue weighted by Gasteiger charge is 2.25. The van der Waals surface area contributed by atoms with Gasteiger partial charge in [-0.25, -0.2) is 4.79 Å². The summed E-state index contributed by atoms with van der Waals surface area (Å²) < 4.78 is 0. The highest BCUT2D eigenvalue weighted by Crippen LogP contribution is 2.05. The van der Waals surface area contributed by atoms with Gasteiger partial charge in [0.15, 0.2) is 0 Å². The van der Waals surface area contributed by atoms with E-state index in [9.17, 15) is 19.2 Å². The van der Waals surface area contributed by atoms with Gasteiger partial charge in [-0.1, -0.05) is 13.8 Å². The molecule has 142 valence electrons. The smallest absolute Gasteiger partial charge is 0.326 e. The van der Waals surface area contributed by atoms with Gasteiger partial charge in [-0.05, 0) is 38.6 Å². The third-order valence-corrected chi connectivity index (χ3v) is 3.89. The highest BCUT2D eigenvalue weighted by atomic mass is 16.4. The number of carboxylic acid groups (broad SMARTS) is 1. The first kappa shape index (κ1) is 20.9. The summed E-state index contributed by atoms with van der Waals surface area (Å²) in [5, 5.41) is 19.5. The lowest BCUT2D eigenvalue weighted by Crippen LogP contribution is -2.52. The molecule has 9 heteroatoms. The molecular formula is C16H28N4O5. The molecule has 9 nitrogen and oxygen atoms in total. The van der Waals surface area contributed by atoms with Crippen LogP contribution in [0.4, 0.5) is 0 Å². The Bertz CT molecular complexity index is 503. The summed E-state index contributed by atoms with van der Waals surface area (Å²) >= 11 is 0. The van der Waals surface area contributed by atoms with Crippen molar-refractivity contribution in [3.05, 3.63) is 0 Å². The number of hydrogen-bond acceptors (Lipinski definition) is 5. The minimum atomic E-state index is -1.11. The molecule has 1 aliphatic heterocycles. The van der Waals surface area contributed by atoms with Gasteiger partial charge in [-0.3, -0.25) is 14.4 Å². The highest BCUT2D eigenvalue weighted by molar-refractivity contribution is 5.92. The molecule has 0 aromatic rings. The summed E-state index contributed by atoms with van der Waals surface area (Å²) in [4.78, 5) is 46.8. The van der Waals surface area contributed by atoms with Crippen LogP contribution >= 0.6 is 0 Å². The number of hydrogen-bond donors (Lipinski definition) is 5. The summed E-state index contributed by atoms with van der Waals surface area (Å²) in [6.07, 6.45) is 1.95. The number of nitrogens with one attached hydrogen (secondary N) is 4. The average molecular weight is 356 g/mol. The Hall–Kier alpha value is -2.16. The van der Waals surface area contributed by atoms with Gasteiger partial charge < -0.3 is 26.4 Å². The maximum atomic E-state index is 12.0. The lowest BCUT2D eigenvalue weighted by Gasteiger charge is -2.20. The van der Waals surface area contributed by atoms with Crippen molar-refractivity contribution in [1.29, 1.82) is 0 Å². The Morgan fingerprint density at radius 3 is 2.36 bits per heavy atom. The van der Waals surface area contributed by atoms with Crippen LogP contribution in [0.3, 0.4) is 0 Å². The van der Waals surface area contributed by atoms with Crippen molar-refractivity contribution in [3.8, 4) is 0 Å². The second kappa shape index (κ2) is 9.97. The van der Waals surface area contributed by atoms with E-state index in [0.29, 0.717) is 6.42 Å². The molecule has 1 fully saturated rings. The van der Waals surface area contributed by atoms with Crippen LogP contribution in [0.15, 0.2) is 0 Å².